The average molecular weight is 286 g/mol. The van der Waals surface area contributed by atoms with Gasteiger partial charge in [-0.3, -0.25) is 9.89 Å². The van der Waals surface area contributed by atoms with E-state index >= 15 is 0 Å². The maximum atomic E-state index is 12.3. The Morgan fingerprint density at radius 1 is 1.33 bits per heavy atom. The first-order valence-corrected chi connectivity index (χ1v) is 7.06. The van der Waals surface area contributed by atoms with Crippen LogP contribution in [-0.4, -0.2) is 39.2 Å². The third kappa shape index (κ3) is 2.72. The molecule has 3 heterocycles. The molecule has 110 valence electrons. The van der Waals surface area contributed by atoms with E-state index in [1.165, 1.54) is 0 Å². The Bertz CT molecular complexity index is 640. The summed E-state index contributed by atoms with van der Waals surface area (Å²) in [4.78, 5) is 23.0. The number of H-pyrrole nitrogens is 1. The number of carbonyl (C=O) groups excluding carboxylic acids is 1. The van der Waals surface area contributed by atoms with Gasteiger partial charge in [-0.1, -0.05) is 0 Å². The molecule has 0 aliphatic carbocycles. The molecule has 1 fully saturated rings. The Hall–Kier alpha value is -2.44. The van der Waals surface area contributed by atoms with Crippen LogP contribution in [0.15, 0.2) is 12.3 Å². The van der Waals surface area contributed by atoms with Gasteiger partial charge in [0.2, 0.25) is 5.95 Å². The molecule has 0 spiro atoms. The Morgan fingerprint density at radius 3 is 2.76 bits per heavy atom. The molecule has 2 aromatic rings. The molecule has 2 N–H and O–H groups in total. The minimum absolute atomic E-state index is 0.245. The van der Waals surface area contributed by atoms with Gasteiger partial charge in [0.15, 0.2) is 0 Å². The van der Waals surface area contributed by atoms with Crippen LogP contribution < -0.4 is 10.2 Å². The molecule has 3 rings (SSSR count). The van der Waals surface area contributed by atoms with Crippen LogP contribution in [0, 0.1) is 13.8 Å². The van der Waals surface area contributed by atoms with Crippen LogP contribution in [0.2, 0.25) is 0 Å². The molecule has 0 saturated carbocycles. The molecule has 21 heavy (non-hydrogen) atoms. The minimum Gasteiger partial charge on any atom is -0.341 e. The van der Waals surface area contributed by atoms with Crippen LogP contribution in [-0.2, 0) is 0 Å². The zero-order valence-corrected chi connectivity index (χ0v) is 12.2. The van der Waals surface area contributed by atoms with Gasteiger partial charge in [-0.2, -0.15) is 5.10 Å². The number of anilines is 2. The van der Waals surface area contributed by atoms with E-state index in [-0.39, 0.29) is 5.91 Å². The first-order valence-electron chi connectivity index (χ1n) is 7.06. The number of amides is 1. The van der Waals surface area contributed by atoms with Gasteiger partial charge in [0.05, 0.1) is 17.1 Å². The van der Waals surface area contributed by atoms with Crippen molar-refractivity contribution in [2.45, 2.75) is 26.7 Å². The highest BCUT2D eigenvalue weighted by Crippen LogP contribution is 2.18. The molecule has 0 bridgehead atoms. The van der Waals surface area contributed by atoms with Crippen molar-refractivity contribution < 1.29 is 4.79 Å². The Kier molecular flexibility index (Phi) is 3.55. The summed E-state index contributed by atoms with van der Waals surface area (Å²) >= 11 is 0. The van der Waals surface area contributed by atoms with E-state index in [0.29, 0.717) is 17.3 Å². The molecule has 2 aromatic heterocycles. The van der Waals surface area contributed by atoms with Crippen molar-refractivity contribution in [2.24, 2.45) is 0 Å². The summed E-state index contributed by atoms with van der Waals surface area (Å²) in [6, 6.07) is 1.62. The maximum absolute atomic E-state index is 12.3. The highest BCUT2D eigenvalue weighted by atomic mass is 16.1. The third-order valence-corrected chi connectivity index (χ3v) is 3.63. The number of rotatable bonds is 3. The lowest BCUT2D eigenvalue weighted by Crippen LogP contribution is -2.22. The molecule has 1 aliphatic rings. The van der Waals surface area contributed by atoms with Crippen LogP contribution in [0.3, 0.4) is 0 Å². The van der Waals surface area contributed by atoms with E-state index in [9.17, 15) is 4.79 Å². The van der Waals surface area contributed by atoms with E-state index < -0.39 is 0 Å². The fourth-order valence-electron chi connectivity index (χ4n) is 2.46. The highest BCUT2D eigenvalue weighted by Gasteiger charge is 2.18. The molecule has 0 aromatic carbocycles. The van der Waals surface area contributed by atoms with Crippen molar-refractivity contribution in [3.8, 4) is 0 Å². The number of nitrogens with zero attached hydrogens (tertiary/aromatic N) is 4. The zero-order chi connectivity index (χ0) is 14.8. The Labute approximate surface area is 122 Å². The normalized spacial score (nSPS) is 14.5. The van der Waals surface area contributed by atoms with Gasteiger partial charge in [-0.25, -0.2) is 9.97 Å². The van der Waals surface area contributed by atoms with Gasteiger partial charge in [-0.15, -0.1) is 0 Å². The topological polar surface area (TPSA) is 86.8 Å². The van der Waals surface area contributed by atoms with E-state index in [2.05, 4.69) is 30.4 Å². The number of aromatic nitrogens is 4. The lowest BCUT2D eigenvalue weighted by Gasteiger charge is -2.15. The summed E-state index contributed by atoms with van der Waals surface area (Å²) in [5.41, 5.74) is 2.66. The lowest BCUT2D eigenvalue weighted by molar-refractivity contribution is 0.102. The molecule has 1 amide bonds. The van der Waals surface area contributed by atoms with Crippen molar-refractivity contribution in [2.75, 3.05) is 23.3 Å². The van der Waals surface area contributed by atoms with Gasteiger partial charge in [0, 0.05) is 19.3 Å². The van der Waals surface area contributed by atoms with E-state index in [1.54, 1.807) is 12.3 Å². The molecular weight excluding hydrogens is 268 g/mol. The Balaban J connectivity index is 1.80. The van der Waals surface area contributed by atoms with Crippen LogP contribution in [0.4, 0.5) is 11.6 Å². The third-order valence-electron chi connectivity index (χ3n) is 3.63. The highest BCUT2D eigenvalue weighted by molar-refractivity contribution is 6.03. The smallest absolute Gasteiger partial charge is 0.274 e. The van der Waals surface area contributed by atoms with Crippen LogP contribution in [0.1, 0.15) is 34.7 Å². The van der Waals surface area contributed by atoms with Gasteiger partial charge in [0.1, 0.15) is 5.69 Å². The fraction of sp³-hybridized carbons (Fsp3) is 0.429. The molecule has 7 nitrogen and oxygen atoms in total. The van der Waals surface area contributed by atoms with Gasteiger partial charge >= 0.3 is 0 Å². The first kappa shape index (κ1) is 13.5. The van der Waals surface area contributed by atoms with Crippen molar-refractivity contribution in [3.05, 3.63) is 29.3 Å². The number of aryl methyl sites for hydroxylation is 2. The SMILES string of the molecule is Cc1n[nH]c(C)c1NC(=O)c1ccnc(N2CCCC2)n1. The van der Waals surface area contributed by atoms with Crippen molar-refractivity contribution >= 4 is 17.5 Å². The summed E-state index contributed by atoms with van der Waals surface area (Å²) in [5.74, 6) is 0.381. The van der Waals surface area contributed by atoms with Crippen molar-refractivity contribution in [1.29, 1.82) is 0 Å². The van der Waals surface area contributed by atoms with Crippen molar-refractivity contribution in [3.63, 3.8) is 0 Å². The largest absolute Gasteiger partial charge is 0.341 e. The van der Waals surface area contributed by atoms with Gasteiger partial charge in [-0.05, 0) is 32.8 Å². The van der Waals surface area contributed by atoms with Gasteiger partial charge in [0.25, 0.3) is 5.91 Å². The van der Waals surface area contributed by atoms with Gasteiger partial charge < -0.3 is 10.2 Å². The average Bonchev–Trinajstić information content (AvgIpc) is 3.13. The molecular formula is C14H18N6O. The minimum atomic E-state index is -0.245. The number of hydrogen-bond donors (Lipinski definition) is 2. The first-order chi connectivity index (χ1) is 10.1. The summed E-state index contributed by atoms with van der Waals surface area (Å²) in [6.07, 6.45) is 3.92. The van der Waals surface area contributed by atoms with Crippen LogP contribution in [0.5, 0.6) is 0 Å². The molecule has 0 unspecified atom stereocenters. The fourth-order valence-corrected chi connectivity index (χ4v) is 2.46. The standard InChI is InChI=1S/C14H18N6O/c1-9-12(10(2)19-18-9)17-13(21)11-5-6-15-14(16-11)20-7-3-4-8-20/h5-6H,3-4,7-8H2,1-2H3,(H,17,21)(H,18,19). The number of hydrogen-bond acceptors (Lipinski definition) is 5. The number of nitrogens with one attached hydrogen (secondary N) is 2. The number of carbonyl (C=O) groups is 1. The Morgan fingerprint density at radius 2 is 2.10 bits per heavy atom. The van der Waals surface area contributed by atoms with E-state index in [0.717, 1.165) is 37.3 Å². The molecule has 0 radical (unpaired) electrons. The molecule has 1 aliphatic heterocycles. The second-order valence-corrected chi connectivity index (χ2v) is 5.20. The zero-order valence-electron chi connectivity index (χ0n) is 12.2. The molecule has 7 heteroatoms. The quantitative estimate of drug-likeness (QED) is 0.896. The molecule has 1 saturated heterocycles. The van der Waals surface area contributed by atoms with E-state index in [1.807, 2.05) is 13.8 Å². The molecule has 0 atom stereocenters. The van der Waals surface area contributed by atoms with Crippen LogP contribution >= 0.6 is 0 Å². The summed E-state index contributed by atoms with van der Waals surface area (Å²) in [7, 11) is 0. The van der Waals surface area contributed by atoms with Crippen molar-refractivity contribution in [1.82, 2.24) is 20.2 Å². The summed E-state index contributed by atoms with van der Waals surface area (Å²) < 4.78 is 0. The van der Waals surface area contributed by atoms with Crippen LogP contribution in [0.25, 0.3) is 0 Å². The monoisotopic (exact) mass is 286 g/mol. The summed E-state index contributed by atoms with van der Waals surface area (Å²) in [5, 5.41) is 9.76. The number of aromatic amines is 1. The second-order valence-electron chi connectivity index (χ2n) is 5.20. The summed E-state index contributed by atoms with van der Waals surface area (Å²) in [6.45, 7) is 5.61. The second kappa shape index (κ2) is 5.51. The van der Waals surface area contributed by atoms with E-state index in [4.69, 9.17) is 0 Å². The maximum Gasteiger partial charge on any atom is 0.274 e. The lowest BCUT2D eigenvalue weighted by atomic mass is 10.3. The predicted octanol–water partition coefficient (Wildman–Crippen LogP) is 1.67. The predicted molar refractivity (Wildman–Crippen MR) is 79.5 cm³/mol.